The normalized spacial score (nSPS) is 20.6. The van der Waals surface area contributed by atoms with Gasteiger partial charge in [-0.1, -0.05) is 25.1 Å². The highest BCUT2D eigenvalue weighted by Gasteiger charge is 2.45. The molecular weight excluding hydrogens is 414 g/mol. The van der Waals surface area contributed by atoms with E-state index in [0.717, 1.165) is 11.3 Å². The van der Waals surface area contributed by atoms with E-state index in [9.17, 15) is 13.2 Å². The number of fused-ring (bicyclic) bond motifs is 1. The van der Waals surface area contributed by atoms with Gasteiger partial charge in [-0.05, 0) is 36.6 Å². The molecule has 1 saturated heterocycles. The molecule has 0 aliphatic carbocycles. The number of nitrogens with one attached hydrogen (secondary N) is 1. The fourth-order valence-electron chi connectivity index (χ4n) is 4.66. The lowest BCUT2D eigenvalue weighted by atomic mass is 9.76. The number of sulfonamides is 1. The number of rotatable bonds is 6. The minimum Gasteiger partial charge on any atom is -0.487 e. The Kier molecular flexibility index (Phi) is 6.29. The van der Waals surface area contributed by atoms with Gasteiger partial charge in [0, 0.05) is 44.5 Å². The van der Waals surface area contributed by atoms with Crippen LogP contribution in [-0.2, 0) is 14.8 Å². The van der Waals surface area contributed by atoms with Crippen LogP contribution in [0.4, 0.5) is 5.69 Å². The summed E-state index contributed by atoms with van der Waals surface area (Å²) in [5.41, 5.74) is 1.28. The fraction of sp³-hybridized carbons (Fsp3) is 0.478. The number of piperidine rings is 1. The van der Waals surface area contributed by atoms with Gasteiger partial charge >= 0.3 is 0 Å². The molecular formula is C23H29N3O4S. The number of anilines is 1. The van der Waals surface area contributed by atoms with Crippen LogP contribution < -0.4 is 10.1 Å². The molecule has 166 valence electrons. The van der Waals surface area contributed by atoms with Gasteiger partial charge in [0.1, 0.15) is 11.4 Å². The molecule has 1 aromatic carbocycles. The summed E-state index contributed by atoms with van der Waals surface area (Å²) in [6.07, 6.45) is 6.21. The number of benzene rings is 1. The lowest BCUT2D eigenvalue weighted by Gasteiger charge is -2.46. The first-order chi connectivity index (χ1) is 14.9. The van der Waals surface area contributed by atoms with Crippen molar-refractivity contribution in [3.8, 4) is 5.75 Å². The Morgan fingerprint density at radius 1 is 1.23 bits per heavy atom. The summed E-state index contributed by atoms with van der Waals surface area (Å²) in [6, 6.07) is 11.5. The largest absolute Gasteiger partial charge is 0.487 e. The summed E-state index contributed by atoms with van der Waals surface area (Å²) in [6.45, 7) is 2.80. The topological polar surface area (TPSA) is 88.6 Å². The van der Waals surface area contributed by atoms with E-state index in [2.05, 4.69) is 10.3 Å². The molecule has 2 aromatic rings. The van der Waals surface area contributed by atoms with Crippen molar-refractivity contribution in [2.45, 2.75) is 50.5 Å². The Bertz CT molecular complexity index is 1020. The zero-order valence-electron chi connectivity index (χ0n) is 17.8. The van der Waals surface area contributed by atoms with E-state index in [1.807, 2.05) is 37.3 Å². The maximum atomic E-state index is 12.7. The van der Waals surface area contributed by atoms with Crippen LogP contribution >= 0.6 is 0 Å². The number of carbonyl (C=O) groups is 1. The number of para-hydroxylation sites is 1. The first-order valence-electron chi connectivity index (χ1n) is 10.9. The number of ether oxygens (including phenoxy) is 1. The van der Waals surface area contributed by atoms with Crippen LogP contribution in [0.5, 0.6) is 5.75 Å². The van der Waals surface area contributed by atoms with E-state index >= 15 is 0 Å². The molecule has 1 N–H and O–H groups in total. The van der Waals surface area contributed by atoms with Gasteiger partial charge in [-0.15, -0.1) is 0 Å². The van der Waals surface area contributed by atoms with Gasteiger partial charge in [0.2, 0.25) is 15.9 Å². The van der Waals surface area contributed by atoms with Crippen LogP contribution in [-0.4, -0.2) is 48.1 Å². The van der Waals surface area contributed by atoms with Crippen molar-refractivity contribution in [2.24, 2.45) is 0 Å². The van der Waals surface area contributed by atoms with Crippen molar-refractivity contribution < 1.29 is 17.9 Å². The van der Waals surface area contributed by atoms with Gasteiger partial charge in [-0.2, -0.15) is 0 Å². The van der Waals surface area contributed by atoms with Crippen LogP contribution in [0, 0.1) is 0 Å². The second-order valence-electron chi connectivity index (χ2n) is 8.43. The molecule has 8 heteroatoms. The van der Waals surface area contributed by atoms with E-state index in [1.165, 1.54) is 0 Å². The van der Waals surface area contributed by atoms with Crippen molar-refractivity contribution in [1.82, 2.24) is 9.29 Å². The molecule has 31 heavy (non-hydrogen) atoms. The predicted molar refractivity (Wildman–Crippen MR) is 120 cm³/mol. The van der Waals surface area contributed by atoms with Gasteiger partial charge in [-0.3, -0.25) is 9.78 Å². The summed E-state index contributed by atoms with van der Waals surface area (Å²) < 4.78 is 33.0. The first-order valence-corrected chi connectivity index (χ1v) is 12.5. The average molecular weight is 444 g/mol. The molecule has 2 aliphatic rings. The third kappa shape index (κ3) is 4.91. The monoisotopic (exact) mass is 443 g/mol. The van der Waals surface area contributed by atoms with E-state index < -0.39 is 15.6 Å². The van der Waals surface area contributed by atoms with Gasteiger partial charge < -0.3 is 10.1 Å². The Morgan fingerprint density at radius 3 is 2.71 bits per heavy atom. The number of hydrogen-bond acceptors (Lipinski definition) is 5. The van der Waals surface area contributed by atoms with Crippen LogP contribution in [0.25, 0.3) is 0 Å². The number of amides is 1. The highest BCUT2D eigenvalue weighted by Crippen LogP contribution is 2.46. The molecule has 3 heterocycles. The van der Waals surface area contributed by atoms with Crippen molar-refractivity contribution >= 4 is 21.6 Å². The minimum absolute atomic E-state index is 0.0143. The average Bonchev–Trinajstić information content (AvgIpc) is 2.74. The van der Waals surface area contributed by atoms with Crippen molar-refractivity contribution in [1.29, 1.82) is 0 Å². The van der Waals surface area contributed by atoms with Crippen molar-refractivity contribution in [3.63, 3.8) is 0 Å². The minimum atomic E-state index is -3.21. The molecule has 0 radical (unpaired) electrons. The summed E-state index contributed by atoms with van der Waals surface area (Å²) in [5.74, 6) is 0.937. The van der Waals surface area contributed by atoms with Gasteiger partial charge in [0.25, 0.3) is 0 Å². The van der Waals surface area contributed by atoms with Crippen LogP contribution in [0.3, 0.4) is 0 Å². The molecule has 1 amide bonds. The van der Waals surface area contributed by atoms with Crippen LogP contribution in [0.15, 0.2) is 48.8 Å². The van der Waals surface area contributed by atoms with Crippen LogP contribution in [0.1, 0.15) is 50.5 Å². The smallest absolute Gasteiger partial charge is 0.225 e. The molecule has 1 fully saturated rings. The molecule has 7 nitrogen and oxygen atoms in total. The Hall–Kier alpha value is -2.45. The quantitative estimate of drug-likeness (QED) is 0.738. The van der Waals surface area contributed by atoms with E-state index in [1.54, 1.807) is 22.8 Å². The Labute approximate surface area is 183 Å². The molecule has 0 bridgehead atoms. The number of carbonyl (C=O) groups excluding carboxylic acids is 1. The molecule has 1 spiro atoms. The predicted octanol–water partition coefficient (Wildman–Crippen LogP) is 3.55. The summed E-state index contributed by atoms with van der Waals surface area (Å²) in [7, 11) is -3.21. The highest BCUT2D eigenvalue weighted by atomic mass is 32.2. The molecule has 1 aromatic heterocycles. The second-order valence-corrected chi connectivity index (χ2v) is 10.5. The van der Waals surface area contributed by atoms with Crippen LogP contribution in [0.2, 0.25) is 0 Å². The SMILES string of the molecule is CCCS(=O)(=O)N1CCC2(CC1)C[C@H](CC(=O)Nc1cccnc1)c1ccccc1O2. The van der Waals surface area contributed by atoms with Crippen molar-refractivity contribution in [2.75, 3.05) is 24.2 Å². The number of pyridine rings is 1. The zero-order chi connectivity index (χ0) is 21.9. The molecule has 4 rings (SSSR count). The van der Waals surface area contributed by atoms with E-state index in [4.69, 9.17) is 4.74 Å². The van der Waals surface area contributed by atoms with E-state index in [0.29, 0.717) is 50.9 Å². The standard InChI is InChI=1S/C23H29N3O4S/c1-2-14-31(28,29)26-12-9-23(10-13-26)16-18(20-7-3-4-8-21(20)30-23)15-22(27)25-19-6-5-11-24-17-19/h3-8,11,17-18H,2,9-10,12-16H2,1H3,(H,25,27)/t18-/m0/s1. The second kappa shape index (κ2) is 8.96. The lowest BCUT2D eigenvalue weighted by Crippen LogP contribution is -2.52. The third-order valence-electron chi connectivity index (χ3n) is 6.17. The summed E-state index contributed by atoms with van der Waals surface area (Å²) in [4.78, 5) is 16.8. The summed E-state index contributed by atoms with van der Waals surface area (Å²) in [5, 5.41) is 2.92. The van der Waals surface area contributed by atoms with Gasteiger partial charge in [-0.25, -0.2) is 12.7 Å². The number of aromatic nitrogens is 1. The Balaban J connectivity index is 1.49. The molecule has 1 atom stereocenters. The number of nitrogens with zero attached hydrogens (tertiary/aromatic N) is 2. The lowest BCUT2D eigenvalue weighted by molar-refractivity contribution is -0.117. The molecule has 0 saturated carbocycles. The Morgan fingerprint density at radius 2 is 2.00 bits per heavy atom. The maximum Gasteiger partial charge on any atom is 0.225 e. The fourth-order valence-corrected chi connectivity index (χ4v) is 6.18. The highest BCUT2D eigenvalue weighted by molar-refractivity contribution is 7.89. The van der Waals surface area contributed by atoms with E-state index in [-0.39, 0.29) is 17.6 Å². The summed E-state index contributed by atoms with van der Waals surface area (Å²) >= 11 is 0. The van der Waals surface area contributed by atoms with Gasteiger partial charge in [0.15, 0.2) is 0 Å². The first kappa shape index (κ1) is 21.8. The third-order valence-corrected chi connectivity index (χ3v) is 8.25. The van der Waals surface area contributed by atoms with Crippen molar-refractivity contribution in [3.05, 3.63) is 54.4 Å². The number of hydrogen-bond donors (Lipinski definition) is 1. The molecule has 2 aliphatic heterocycles. The zero-order valence-corrected chi connectivity index (χ0v) is 18.6. The maximum absolute atomic E-state index is 12.7. The van der Waals surface area contributed by atoms with Gasteiger partial charge in [0.05, 0.1) is 17.6 Å². The molecule has 0 unspecified atom stereocenters.